The molecule has 0 unspecified atom stereocenters. The van der Waals surface area contributed by atoms with Gasteiger partial charge in [0.15, 0.2) is 22.3 Å². The first-order valence-electron chi connectivity index (χ1n) is 7.97. The summed E-state index contributed by atoms with van der Waals surface area (Å²) < 4.78 is 12.4. The second kappa shape index (κ2) is 7.04. The summed E-state index contributed by atoms with van der Waals surface area (Å²) in [4.78, 5) is 9.11. The highest BCUT2D eigenvalue weighted by atomic mass is 32.1. The van der Waals surface area contributed by atoms with Crippen molar-refractivity contribution in [2.75, 3.05) is 14.2 Å². The Balaban J connectivity index is 1.55. The number of aromatic nitrogens is 6. The Bertz CT molecular complexity index is 1030. The van der Waals surface area contributed by atoms with Crippen molar-refractivity contribution in [2.45, 2.75) is 12.8 Å². The van der Waals surface area contributed by atoms with Gasteiger partial charge in [0.25, 0.3) is 0 Å². The molecule has 8 nitrogen and oxygen atoms in total. The van der Waals surface area contributed by atoms with Crippen LogP contribution in [0, 0.1) is 0 Å². The summed E-state index contributed by atoms with van der Waals surface area (Å²) in [6, 6.07) is 5.90. The molecular formula is C17H16N6O2S. The lowest BCUT2D eigenvalue weighted by Crippen LogP contribution is -2.00. The van der Waals surface area contributed by atoms with Crippen LogP contribution in [0.1, 0.15) is 11.4 Å². The third-order valence-corrected chi connectivity index (χ3v) is 4.84. The maximum absolute atomic E-state index is 5.35. The summed E-state index contributed by atoms with van der Waals surface area (Å²) in [6.45, 7) is 0. The fourth-order valence-corrected chi connectivity index (χ4v) is 3.44. The van der Waals surface area contributed by atoms with Gasteiger partial charge in [-0.1, -0.05) is 17.4 Å². The van der Waals surface area contributed by atoms with Gasteiger partial charge in [0.05, 0.1) is 20.4 Å². The zero-order chi connectivity index (χ0) is 17.9. The van der Waals surface area contributed by atoms with Crippen LogP contribution < -0.4 is 9.47 Å². The molecule has 0 aliphatic carbocycles. The molecule has 132 valence electrons. The van der Waals surface area contributed by atoms with Crippen molar-refractivity contribution in [3.05, 3.63) is 48.2 Å². The van der Waals surface area contributed by atoms with E-state index >= 15 is 0 Å². The zero-order valence-electron chi connectivity index (χ0n) is 14.3. The van der Waals surface area contributed by atoms with Gasteiger partial charge in [-0.05, 0) is 24.1 Å². The SMILES string of the molecule is COc1ccc(CCc2nnc3sc(-c4cnccn4)nn23)cc1OC. The first-order chi connectivity index (χ1) is 12.8. The predicted molar refractivity (Wildman–Crippen MR) is 96.6 cm³/mol. The zero-order valence-corrected chi connectivity index (χ0v) is 15.1. The van der Waals surface area contributed by atoms with E-state index in [1.165, 1.54) is 11.3 Å². The quantitative estimate of drug-likeness (QED) is 0.516. The molecule has 4 aromatic rings. The van der Waals surface area contributed by atoms with Crippen LogP contribution in [0.4, 0.5) is 0 Å². The summed E-state index contributed by atoms with van der Waals surface area (Å²) >= 11 is 1.44. The minimum atomic E-state index is 0.709. The summed E-state index contributed by atoms with van der Waals surface area (Å²) in [7, 11) is 3.26. The van der Waals surface area contributed by atoms with Crippen molar-refractivity contribution in [3.8, 4) is 22.2 Å². The van der Waals surface area contributed by atoms with Crippen LogP contribution in [-0.4, -0.2) is 44.0 Å². The largest absolute Gasteiger partial charge is 0.493 e. The van der Waals surface area contributed by atoms with E-state index in [0.29, 0.717) is 12.2 Å². The number of nitrogens with zero attached hydrogens (tertiary/aromatic N) is 6. The Morgan fingerprint density at radius 1 is 1.04 bits per heavy atom. The number of aryl methyl sites for hydroxylation is 2. The maximum Gasteiger partial charge on any atom is 0.235 e. The Morgan fingerprint density at radius 2 is 1.92 bits per heavy atom. The number of benzene rings is 1. The standard InChI is InChI=1S/C17H16N6O2S/c1-24-13-5-3-11(9-14(13)25-2)4-6-15-20-21-17-23(15)22-16(26-17)12-10-18-7-8-19-12/h3,5,7-10H,4,6H2,1-2H3. The Morgan fingerprint density at radius 3 is 2.69 bits per heavy atom. The van der Waals surface area contributed by atoms with Crippen molar-refractivity contribution >= 4 is 16.3 Å². The van der Waals surface area contributed by atoms with E-state index in [-0.39, 0.29) is 0 Å². The molecule has 3 aromatic heterocycles. The first-order valence-corrected chi connectivity index (χ1v) is 8.78. The van der Waals surface area contributed by atoms with Gasteiger partial charge in [-0.25, -0.2) is 0 Å². The molecule has 0 saturated carbocycles. The fourth-order valence-electron chi connectivity index (χ4n) is 2.62. The molecule has 0 bridgehead atoms. The summed E-state index contributed by atoms with van der Waals surface area (Å²) in [5.41, 5.74) is 1.86. The lowest BCUT2D eigenvalue weighted by molar-refractivity contribution is 0.354. The molecule has 0 amide bonds. The Labute approximate surface area is 153 Å². The Kier molecular flexibility index (Phi) is 4.44. The lowest BCUT2D eigenvalue weighted by Gasteiger charge is -2.09. The summed E-state index contributed by atoms with van der Waals surface area (Å²) in [5.74, 6) is 2.24. The monoisotopic (exact) mass is 368 g/mol. The average molecular weight is 368 g/mol. The van der Waals surface area contributed by atoms with Gasteiger partial charge in [-0.15, -0.1) is 10.2 Å². The molecule has 0 aliphatic rings. The highest BCUT2D eigenvalue weighted by Gasteiger charge is 2.14. The first kappa shape index (κ1) is 16.4. The van der Waals surface area contributed by atoms with Gasteiger partial charge in [-0.2, -0.15) is 9.61 Å². The second-order valence-electron chi connectivity index (χ2n) is 5.50. The third-order valence-electron chi connectivity index (χ3n) is 3.92. The Hall–Kier alpha value is -3.07. The van der Waals surface area contributed by atoms with E-state index < -0.39 is 0 Å². The molecule has 26 heavy (non-hydrogen) atoms. The van der Waals surface area contributed by atoms with Gasteiger partial charge >= 0.3 is 0 Å². The molecule has 0 spiro atoms. The average Bonchev–Trinajstić information content (AvgIpc) is 3.28. The van der Waals surface area contributed by atoms with Crippen LogP contribution >= 0.6 is 11.3 Å². The van der Waals surface area contributed by atoms with Crippen molar-refractivity contribution in [3.63, 3.8) is 0 Å². The molecule has 1 aromatic carbocycles. The molecule has 0 atom stereocenters. The van der Waals surface area contributed by atoms with Crippen molar-refractivity contribution < 1.29 is 9.47 Å². The molecule has 0 saturated heterocycles. The van der Waals surface area contributed by atoms with Crippen LogP contribution in [0.25, 0.3) is 15.7 Å². The summed E-state index contributed by atoms with van der Waals surface area (Å²) in [6.07, 6.45) is 6.47. The number of ether oxygens (including phenoxy) is 2. The maximum atomic E-state index is 5.35. The summed E-state index contributed by atoms with van der Waals surface area (Å²) in [5, 5.41) is 13.8. The van der Waals surface area contributed by atoms with E-state index in [9.17, 15) is 0 Å². The van der Waals surface area contributed by atoms with E-state index in [2.05, 4.69) is 25.3 Å². The minimum Gasteiger partial charge on any atom is -0.493 e. The van der Waals surface area contributed by atoms with Gasteiger partial charge in [0, 0.05) is 18.8 Å². The van der Waals surface area contributed by atoms with Crippen molar-refractivity contribution in [2.24, 2.45) is 0 Å². The van der Waals surface area contributed by atoms with E-state index in [4.69, 9.17) is 9.47 Å². The number of hydrogen-bond acceptors (Lipinski definition) is 8. The molecular weight excluding hydrogens is 352 g/mol. The third kappa shape index (κ3) is 3.08. The highest BCUT2D eigenvalue weighted by Crippen LogP contribution is 2.28. The van der Waals surface area contributed by atoms with E-state index in [1.54, 1.807) is 37.3 Å². The van der Waals surface area contributed by atoms with Crippen LogP contribution in [-0.2, 0) is 12.8 Å². The lowest BCUT2D eigenvalue weighted by atomic mass is 10.1. The van der Waals surface area contributed by atoms with Gasteiger partial charge in [-0.3, -0.25) is 9.97 Å². The van der Waals surface area contributed by atoms with Crippen molar-refractivity contribution in [1.82, 2.24) is 29.8 Å². The number of fused-ring (bicyclic) bond motifs is 1. The predicted octanol–water partition coefficient (Wildman–Crippen LogP) is 2.45. The number of methoxy groups -OCH3 is 2. The van der Waals surface area contributed by atoms with Crippen molar-refractivity contribution in [1.29, 1.82) is 0 Å². The van der Waals surface area contributed by atoms with Crippen LogP contribution in [0.3, 0.4) is 0 Å². The van der Waals surface area contributed by atoms with Gasteiger partial charge in [0.2, 0.25) is 4.96 Å². The molecule has 4 rings (SSSR count). The van der Waals surface area contributed by atoms with Crippen LogP contribution in [0.15, 0.2) is 36.8 Å². The molecule has 3 heterocycles. The minimum absolute atomic E-state index is 0.709. The highest BCUT2D eigenvalue weighted by molar-refractivity contribution is 7.19. The van der Waals surface area contributed by atoms with Gasteiger partial charge < -0.3 is 9.47 Å². The number of rotatable bonds is 6. The topological polar surface area (TPSA) is 87.3 Å². The smallest absolute Gasteiger partial charge is 0.235 e. The van der Waals surface area contributed by atoms with Crippen LogP contribution in [0.2, 0.25) is 0 Å². The normalized spacial score (nSPS) is 11.0. The number of hydrogen-bond donors (Lipinski definition) is 0. The van der Waals surface area contributed by atoms with Gasteiger partial charge in [0.1, 0.15) is 5.69 Å². The van der Waals surface area contributed by atoms with E-state index in [0.717, 1.165) is 39.2 Å². The molecule has 0 fully saturated rings. The van der Waals surface area contributed by atoms with Crippen LogP contribution in [0.5, 0.6) is 11.5 Å². The van der Waals surface area contributed by atoms with E-state index in [1.807, 2.05) is 18.2 Å². The molecule has 0 N–H and O–H groups in total. The molecule has 9 heteroatoms. The molecule has 0 aliphatic heterocycles. The second-order valence-corrected chi connectivity index (χ2v) is 6.45. The molecule has 0 radical (unpaired) electrons. The fraction of sp³-hybridized carbons (Fsp3) is 0.235.